The molecule has 0 unspecified atom stereocenters. The summed E-state index contributed by atoms with van der Waals surface area (Å²) < 4.78 is 5.50. The van der Waals surface area contributed by atoms with E-state index in [2.05, 4.69) is 10.5 Å². The fourth-order valence-electron chi connectivity index (χ4n) is 1.91. The van der Waals surface area contributed by atoms with E-state index in [1.54, 1.807) is 6.08 Å². The van der Waals surface area contributed by atoms with Crippen LogP contribution in [0.5, 0.6) is 5.75 Å². The lowest BCUT2D eigenvalue weighted by Crippen LogP contribution is -2.24. The number of rotatable bonds is 6. The summed E-state index contributed by atoms with van der Waals surface area (Å²) in [7, 11) is 0. The van der Waals surface area contributed by atoms with Gasteiger partial charge in [0.05, 0.1) is 0 Å². The van der Waals surface area contributed by atoms with E-state index in [0.717, 1.165) is 16.7 Å². The van der Waals surface area contributed by atoms with E-state index >= 15 is 0 Å². The van der Waals surface area contributed by atoms with Crippen molar-refractivity contribution in [2.75, 3.05) is 6.61 Å². The molecule has 0 heterocycles. The summed E-state index contributed by atoms with van der Waals surface area (Å²) >= 11 is 0. The molecule has 0 bridgehead atoms. The van der Waals surface area contributed by atoms with E-state index in [1.807, 2.05) is 68.5 Å². The molecule has 0 radical (unpaired) electrons. The molecule has 0 aliphatic heterocycles. The first-order valence-corrected chi connectivity index (χ1v) is 7.39. The smallest absolute Gasteiger partial charge is 0.277 e. The van der Waals surface area contributed by atoms with Gasteiger partial charge in [0.25, 0.3) is 5.91 Å². The summed E-state index contributed by atoms with van der Waals surface area (Å²) in [6.07, 6.45) is 5.20. The number of carbonyl (C=O) groups excluding carboxylic acids is 1. The lowest BCUT2D eigenvalue weighted by Gasteiger charge is -2.08. The van der Waals surface area contributed by atoms with Crippen LogP contribution in [0.25, 0.3) is 6.08 Å². The fourth-order valence-corrected chi connectivity index (χ4v) is 1.91. The van der Waals surface area contributed by atoms with Crippen LogP contribution >= 0.6 is 0 Å². The Morgan fingerprint density at radius 2 is 1.96 bits per heavy atom. The minimum absolute atomic E-state index is 0.0654. The summed E-state index contributed by atoms with van der Waals surface area (Å²) in [5.41, 5.74) is 5.59. The molecule has 0 spiro atoms. The lowest BCUT2D eigenvalue weighted by molar-refractivity contribution is -0.123. The van der Waals surface area contributed by atoms with Gasteiger partial charge < -0.3 is 4.74 Å². The topological polar surface area (TPSA) is 50.7 Å². The Morgan fingerprint density at radius 3 is 2.74 bits per heavy atom. The largest absolute Gasteiger partial charge is 0.483 e. The highest BCUT2D eigenvalue weighted by Gasteiger charge is 2.03. The van der Waals surface area contributed by atoms with Gasteiger partial charge in [-0.2, -0.15) is 5.10 Å². The summed E-state index contributed by atoms with van der Waals surface area (Å²) in [6.45, 7) is 3.86. The third kappa shape index (κ3) is 5.79. The zero-order valence-electron chi connectivity index (χ0n) is 13.3. The number of ether oxygens (including phenoxy) is 1. The maximum Gasteiger partial charge on any atom is 0.277 e. The molecule has 2 aromatic carbocycles. The van der Waals surface area contributed by atoms with Crippen molar-refractivity contribution >= 4 is 18.2 Å². The number of hydrogen-bond donors (Lipinski definition) is 1. The third-order valence-corrected chi connectivity index (χ3v) is 3.14. The van der Waals surface area contributed by atoms with Gasteiger partial charge in [0.1, 0.15) is 5.75 Å². The van der Waals surface area contributed by atoms with Crippen molar-refractivity contribution in [3.63, 3.8) is 0 Å². The highest BCUT2D eigenvalue weighted by atomic mass is 16.5. The first-order valence-electron chi connectivity index (χ1n) is 7.39. The number of carbonyl (C=O) groups is 1. The molecule has 0 aliphatic carbocycles. The molecule has 0 aromatic heterocycles. The molecule has 0 aliphatic rings. The SMILES string of the molecule is Cc1ccc(C)c(OCC(=O)NN=C/C=C/c2ccccc2)c1. The number of allylic oxidation sites excluding steroid dienone is 1. The second-order valence-electron chi connectivity index (χ2n) is 5.14. The summed E-state index contributed by atoms with van der Waals surface area (Å²) in [5, 5.41) is 3.85. The van der Waals surface area contributed by atoms with Crippen LogP contribution in [0.3, 0.4) is 0 Å². The van der Waals surface area contributed by atoms with E-state index in [0.29, 0.717) is 5.75 Å². The number of nitrogens with zero attached hydrogens (tertiary/aromatic N) is 1. The molecule has 1 amide bonds. The van der Waals surface area contributed by atoms with Crippen molar-refractivity contribution in [3.8, 4) is 5.75 Å². The third-order valence-electron chi connectivity index (χ3n) is 3.14. The number of benzene rings is 2. The predicted molar refractivity (Wildman–Crippen MR) is 93.5 cm³/mol. The minimum atomic E-state index is -0.296. The Kier molecular flexibility index (Phi) is 6.12. The average molecular weight is 308 g/mol. The molecule has 4 heteroatoms. The van der Waals surface area contributed by atoms with Gasteiger partial charge in [0.15, 0.2) is 6.61 Å². The molecular formula is C19H20N2O2. The summed E-state index contributed by atoms with van der Waals surface area (Å²) in [4.78, 5) is 11.7. The van der Waals surface area contributed by atoms with Gasteiger partial charge in [-0.05, 0) is 42.7 Å². The molecule has 2 aromatic rings. The first kappa shape index (κ1) is 16.5. The number of aryl methyl sites for hydroxylation is 2. The molecule has 2 rings (SSSR count). The van der Waals surface area contributed by atoms with Crippen LogP contribution in [0.1, 0.15) is 16.7 Å². The van der Waals surface area contributed by atoms with Crippen molar-refractivity contribution in [2.24, 2.45) is 5.10 Å². The van der Waals surface area contributed by atoms with Gasteiger partial charge in [-0.15, -0.1) is 0 Å². The maximum absolute atomic E-state index is 11.7. The van der Waals surface area contributed by atoms with Crippen molar-refractivity contribution in [1.82, 2.24) is 5.43 Å². The van der Waals surface area contributed by atoms with Crippen molar-refractivity contribution in [1.29, 1.82) is 0 Å². The summed E-state index contributed by atoms with van der Waals surface area (Å²) in [6, 6.07) is 15.7. The van der Waals surface area contributed by atoms with E-state index < -0.39 is 0 Å². The van der Waals surface area contributed by atoms with Crippen LogP contribution in [0, 0.1) is 13.8 Å². The van der Waals surface area contributed by atoms with Crippen molar-refractivity contribution < 1.29 is 9.53 Å². The van der Waals surface area contributed by atoms with Gasteiger partial charge in [-0.25, -0.2) is 5.43 Å². The quantitative estimate of drug-likeness (QED) is 0.656. The molecule has 118 valence electrons. The van der Waals surface area contributed by atoms with Gasteiger partial charge >= 0.3 is 0 Å². The minimum Gasteiger partial charge on any atom is -0.483 e. The monoisotopic (exact) mass is 308 g/mol. The first-order chi connectivity index (χ1) is 11.1. The predicted octanol–water partition coefficient (Wildman–Crippen LogP) is 3.50. The van der Waals surface area contributed by atoms with Gasteiger partial charge in [-0.1, -0.05) is 48.5 Å². The highest BCUT2D eigenvalue weighted by Crippen LogP contribution is 2.18. The van der Waals surface area contributed by atoms with Gasteiger partial charge in [0.2, 0.25) is 0 Å². The van der Waals surface area contributed by atoms with Crippen LogP contribution in [-0.2, 0) is 4.79 Å². The van der Waals surface area contributed by atoms with E-state index in [1.165, 1.54) is 6.21 Å². The number of hydrogen-bond acceptors (Lipinski definition) is 3. The van der Waals surface area contributed by atoms with E-state index in [4.69, 9.17) is 4.74 Å². The van der Waals surface area contributed by atoms with Crippen LogP contribution in [0.2, 0.25) is 0 Å². The van der Waals surface area contributed by atoms with E-state index in [9.17, 15) is 4.79 Å². The Bertz CT molecular complexity index is 707. The molecular weight excluding hydrogens is 288 g/mol. The molecule has 0 saturated heterocycles. The molecule has 1 N–H and O–H groups in total. The zero-order chi connectivity index (χ0) is 16.5. The highest BCUT2D eigenvalue weighted by molar-refractivity contribution is 5.82. The normalized spacial score (nSPS) is 11.0. The molecule has 4 nitrogen and oxygen atoms in total. The van der Waals surface area contributed by atoms with Crippen LogP contribution in [-0.4, -0.2) is 18.7 Å². The standard InChI is InChI=1S/C19H20N2O2/c1-15-10-11-16(2)18(13-15)23-14-19(22)21-20-12-6-9-17-7-4-3-5-8-17/h3-13H,14H2,1-2H3,(H,21,22)/b9-6+,20-12?. The fraction of sp³-hybridized carbons (Fsp3) is 0.158. The van der Waals surface area contributed by atoms with Crippen molar-refractivity contribution in [3.05, 3.63) is 71.3 Å². The van der Waals surface area contributed by atoms with E-state index in [-0.39, 0.29) is 12.5 Å². The average Bonchev–Trinajstić information content (AvgIpc) is 2.56. The van der Waals surface area contributed by atoms with Gasteiger partial charge in [0, 0.05) is 6.21 Å². The van der Waals surface area contributed by atoms with Crippen LogP contribution < -0.4 is 10.2 Å². The van der Waals surface area contributed by atoms with Crippen molar-refractivity contribution in [2.45, 2.75) is 13.8 Å². The Labute approximate surface area is 136 Å². The van der Waals surface area contributed by atoms with Crippen LogP contribution in [0.15, 0.2) is 59.7 Å². The molecule has 23 heavy (non-hydrogen) atoms. The summed E-state index contributed by atoms with van der Waals surface area (Å²) in [5.74, 6) is 0.420. The second-order valence-corrected chi connectivity index (χ2v) is 5.14. The number of amides is 1. The van der Waals surface area contributed by atoms with Gasteiger partial charge in [-0.3, -0.25) is 4.79 Å². The Balaban J connectivity index is 1.76. The lowest BCUT2D eigenvalue weighted by atomic mass is 10.1. The number of nitrogens with one attached hydrogen (secondary N) is 1. The zero-order valence-corrected chi connectivity index (χ0v) is 13.3. The Hall–Kier alpha value is -2.88. The number of hydrazone groups is 1. The molecule has 0 atom stereocenters. The molecule has 0 fully saturated rings. The second kappa shape index (κ2) is 8.54. The van der Waals surface area contributed by atoms with Crippen LogP contribution in [0.4, 0.5) is 0 Å². The maximum atomic E-state index is 11.7. The molecule has 0 saturated carbocycles. The Morgan fingerprint density at radius 1 is 1.17 bits per heavy atom.